The second kappa shape index (κ2) is 5.19. The van der Waals surface area contributed by atoms with Crippen LogP contribution in [0.25, 0.3) is 0 Å². The van der Waals surface area contributed by atoms with Crippen molar-refractivity contribution >= 4 is 11.6 Å². The first-order valence-corrected chi connectivity index (χ1v) is 5.84. The number of pyridine rings is 1. The fourth-order valence-corrected chi connectivity index (χ4v) is 1.70. The second-order valence-corrected chi connectivity index (χ2v) is 4.34. The molecule has 0 bridgehead atoms. The number of rotatable bonds is 3. The van der Waals surface area contributed by atoms with E-state index in [2.05, 4.69) is 4.98 Å². The van der Waals surface area contributed by atoms with Crippen molar-refractivity contribution in [1.82, 2.24) is 4.98 Å². The number of ether oxygens (including phenoxy) is 1. The lowest BCUT2D eigenvalue weighted by atomic mass is 10.2. The van der Waals surface area contributed by atoms with Crippen LogP contribution in [0.5, 0.6) is 5.88 Å². The molecule has 0 N–H and O–H groups in total. The van der Waals surface area contributed by atoms with E-state index in [4.69, 9.17) is 16.3 Å². The molecule has 88 valence electrons. The van der Waals surface area contributed by atoms with Crippen LogP contribution < -0.4 is 4.74 Å². The molecule has 1 aromatic heterocycles. The van der Waals surface area contributed by atoms with Crippen LogP contribution >= 0.6 is 11.6 Å². The van der Waals surface area contributed by atoms with Gasteiger partial charge >= 0.3 is 0 Å². The van der Waals surface area contributed by atoms with Gasteiger partial charge < -0.3 is 4.74 Å². The zero-order chi connectivity index (χ0) is 12.3. The molecule has 0 amide bonds. The van der Waals surface area contributed by atoms with E-state index in [1.54, 1.807) is 6.20 Å². The summed E-state index contributed by atoms with van der Waals surface area (Å²) in [5.41, 5.74) is 2.98. The lowest BCUT2D eigenvalue weighted by Gasteiger charge is -2.10. The Morgan fingerprint density at radius 1 is 1.18 bits per heavy atom. The topological polar surface area (TPSA) is 22.1 Å². The van der Waals surface area contributed by atoms with Gasteiger partial charge in [-0.1, -0.05) is 41.9 Å². The lowest BCUT2D eigenvalue weighted by Crippen LogP contribution is -2.00. The number of aryl methyl sites for hydroxylation is 1. The highest BCUT2D eigenvalue weighted by Crippen LogP contribution is 2.26. The monoisotopic (exact) mass is 247 g/mol. The van der Waals surface area contributed by atoms with Gasteiger partial charge in [-0.05, 0) is 25.0 Å². The molecule has 1 aromatic carbocycles. The van der Waals surface area contributed by atoms with E-state index in [9.17, 15) is 0 Å². The molecule has 0 aliphatic heterocycles. The Morgan fingerprint density at radius 2 is 1.88 bits per heavy atom. The Bertz CT molecular complexity index is 511. The third kappa shape index (κ3) is 2.77. The van der Waals surface area contributed by atoms with Crippen molar-refractivity contribution in [3.05, 3.63) is 58.2 Å². The Labute approximate surface area is 106 Å². The minimum Gasteiger partial charge on any atom is -0.473 e. The van der Waals surface area contributed by atoms with Crippen molar-refractivity contribution in [2.75, 3.05) is 0 Å². The first kappa shape index (κ1) is 11.9. The summed E-state index contributed by atoms with van der Waals surface area (Å²) in [7, 11) is 0. The van der Waals surface area contributed by atoms with Crippen molar-refractivity contribution in [3.63, 3.8) is 0 Å². The van der Waals surface area contributed by atoms with Crippen molar-refractivity contribution in [2.45, 2.75) is 20.5 Å². The Hall–Kier alpha value is -1.54. The molecule has 2 nitrogen and oxygen atoms in total. The molecule has 0 spiro atoms. The fourth-order valence-electron chi connectivity index (χ4n) is 1.57. The quantitative estimate of drug-likeness (QED) is 0.820. The zero-order valence-corrected chi connectivity index (χ0v) is 10.7. The second-order valence-electron chi connectivity index (χ2n) is 3.96. The maximum absolute atomic E-state index is 6.14. The Morgan fingerprint density at radius 3 is 2.59 bits per heavy atom. The third-order valence-corrected chi connectivity index (χ3v) is 3.17. The van der Waals surface area contributed by atoms with E-state index >= 15 is 0 Å². The van der Waals surface area contributed by atoms with E-state index in [0.29, 0.717) is 12.5 Å². The minimum atomic E-state index is 0.508. The molecule has 0 aliphatic carbocycles. The van der Waals surface area contributed by atoms with Gasteiger partial charge in [0.1, 0.15) is 6.61 Å². The number of aromatic nitrogens is 1. The van der Waals surface area contributed by atoms with Crippen LogP contribution in [0.15, 0.2) is 36.5 Å². The van der Waals surface area contributed by atoms with Crippen LogP contribution in [0, 0.1) is 13.8 Å². The predicted molar refractivity (Wildman–Crippen MR) is 69.5 cm³/mol. The van der Waals surface area contributed by atoms with Crippen molar-refractivity contribution in [3.8, 4) is 5.88 Å². The van der Waals surface area contributed by atoms with Gasteiger partial charge in [0.15, 0.2) is 0 Å². The van der Waals surface area contributed by atoms with Crippen LogP contribution in [0.3, 0.4) is 0 Å². The molecule has 3 heteroatoms. The number of hydrogen-bond acceptors (Lipinski definition) is 2. The third-order valence-electron chi connectivity index (χ3n) is 2.59. The van der Waals surface area contributed by atoms with Gasteiger partial charge in [-0.3, -0.25) is 0 Å². The number of halogens is 1. The van der Waals surface area contributed by atoms with E-state index in [0.717, 1.165) is 21.7 Å². The highest BCUT2D eigenvalue weighted by Gasteiger charge is 2.07. The summed E-state index contributed by atoms with van der Waals surface area (Å²) in [6, 6.07) is 9.99. The molecule has 2 rings (SSSR count). The van der Waals surface area contributed by atoms with Crippen molar-refractivity contribution in [1.29, 1.82) is 0 Å². The average Bonchev–Trinajstić information content (AvgIpc) is 2.36. The first-order valence-electron chi connectivity index (χ1n) is 5.47. The largest absolute Gasteiger partial charge is 0.473 e. The van der Waals surface area contributed by atoms with Crippen LogP contribution in [0.1, 0.15) is 16.7 Å². The minimum absolute atomic E-state index is 0.508. The summed E-state index contributed by atoms with van der Waals surface area (Å²) in [5, 5.41) is 0.725. The standard InChI is InChI=1S/C14H14ClNO/c1-10-8-16-14(11(2)13(10)15)17-9-12-6-4-3-5-7-12/h3-8H,9H2,1-2H3. The molecule has 2 aromatic rings. The number of benzene rings is 1. The molecule has 1 heterocycles. The van der Waals surface area contributed by atoms with Crippen molar-refractivity contribution < 1.29 is 4.74 Å². The van der Waals surface area contributed by atoms with Gasteiger partial charge in [-0.2, -0.15) is 0 Å². The summed E-state index contributed by atoms with van der Waals surface area (Å²) in [6.07, 6.45) is 1.73. The molecule has 0 unspecified atom stereocenters. The maximum Gasteiger partial charge on any atom is 0.218 e. The highest BCUT2D eigenvalue weighted by atomic mass is 35.5. The van der Waals surface area contributed by atoms with Gasteiger partial charge in [0, 0.05) is 11.8 Å². The fraction of sp³-hybridized carbons (Fsp3) is 0.214. The Balaban J connectivity index is 2.13. The van der Waals surface area contributed by atoms with E-state index in [1.165, 1.54) is 0 Å². The van der Waals surface area contributed by atoms with Gasteiger partial charge in [0.05, 0.1) is 5.02 Å². The molecule has 17 heavy (non-hydrogen) atoms. The molecular formula is C14H14ClNO. The van der Waals surface area contributed by atoms with Gasteiger partial charge in [-0.25, -0.2) is 4.98 Å². The smallest absolute Gasteiger partial charge is 0.218 e. The van der Waals surface area contributed by atoms with E-state index < -0.39 is 0 Å². The normalized spacial score (nSPS) is 10.3. The van der Waals surface area contributed by atoms with Gasteiger partial charge in [-0.15, -0.1) is 0 Å². The molecule has 0 radical (unpaired) electrons. The highest BCUT2D eigenvalue weighted by molar-refractivity contribution is 6.32. The van der Waals surface area contributed by atoms with Gasteiger partial charge in [0.25, 0.3) is 0 Å². The van der Waals surface area contributed by atoms with Crippen LogP contribution in [0.4, 0.5) is 0 Å². The lowest BCUT2D eigenvalue weighted by molar-refractivity contribution is 0.291. The summed E-state index contributed by atoms with van der Waals surface area (Å²) in [4.78, 5) is 4.25. The van der Waals surface area contributed by atoms with E-state index in [-0.39, 0.29) is 0 Å². The van der Waals surface area contributed by atoms with Crippen LogP contribution in [-0.4, -0.2) is 4.98 Å². The SMILES string of the molecule is Cc1cnc(OCc2ccccc2)c(C)c1Cl. The summed E-state index contributed by atoms with van der Waals surface area (Å²) in [5.74, 6) is 0.601. The summed E-state index contributed by atoms with van der Waals surface area (Å²) >= 11 is 6.14. The molecule has 0 aliphatic rings. The van der Waals surface area contributed by atoms with Gasteiger partial charge in [0.2, 0.25) is 5.88 Å². The molecule has 0 saturated heterocycles. The maximum atomic E-state index is 6.14. The zero-order valence-electron chi connectivity index (χ0n) is 9.90. The number of nitrogens with zero attached hydrogens (tertiary/aromatic N) is 1. The molecule has 0 saturated carbocycles. The predicted octanol–water partition coefficient (Wildman–Crippen LogP) is 3.93. The van der Waals surface area contributed by atoms with E-state index in [1.807, 2.05) is 44.2 Å². The molecular weight excluding hydrogens is 234 g/mol. The van der Waals surface area contributed by atoms with Crippen LogP contribution in [-0.2, 0) is 6.61 Å². The summed E-state index contributed by atoms with van der Waals surface area (Å²) < 4.78 is 5.66. The van der Waals surface area contributed by atoms with Crippen molar-refractivity contribution in [2.24, 2.45) is 0 Å². The molecule has 0 atom stereocenters. The average molecular weight is 248 g/mol. The Kier molecular flexibility index (Phi) is 3.64. The summed E-state index contributed by atoms with van der Waals surface area (Å²) in [6.45, 7) is 4.36. The number of hydrogen-bond donors (Lipinski definition) is 0. The molecule has 0 fully saturated rings. The first-order chi connectivity index (χ1) is 8.18. The van der Waals surface area contributed by atoms with Crippen LogP contribution in [0.2, 0.25) is 5.02 Å².